The number of nitrogens with one attached hydrogen (secondary N) is 1. The summed E-state index contributed by atoms with van der Waals surface area (Å²) < 4.78 is 5.17. The van der Waals surface area contributed by atoms with Crippen LogP contribution < -0.4 is 10.1 Å². The smallest absolute Gasteiger partial charge is 0.256 e. The number of amides is 2. The highest BCUT2D eigenvalue weighted by molar-refractivity contribution is 6.10. The van der Waals surface area contributed by atoms with Crippen molar-refractivity contribution in [3.63, 3.8) is 0 Å². The molecule has 2 heterocycles. The Morgan fingerprint density at radius 2 is 1.84 bits per heavy atom. The van der Waals surface area contributed by atoms with Gasteiger partial charge in [-0.15, -0.1) is 0 Å². The molecule has 0 aromatic heterocycles. The van der Waals surface area contributed by atoms with E-state index in [0.29, 0.717) is 11.3 Å². The van der Waals surface area contributed by atoms with Crippen LogP contribution in [0.3, 0.4) is 0 Å². The van der Waals surface area contributed by atoms with Crippen LogP contribution in [0.25, 0.3) is 11.1 Å². The minimum atomic E-state index is -0.661. The zero-order chi connectivity index (χ0) is 17.6. The molecule has 2 aromatic rings. The van der Waals surface area contributed by atoms with Crippen molar-refractivity contribution in [2.24, 2.45) is 0 Å². The van der Waals surface area contributed by atoms with Crippen molar-refractivity contribution in [1.82, 2.24) is 4.90 Å². The number of ether oxygens (including phenoxy) is 1. The maximum Gasteiger partial charge on any atom is 0.256 e. The molecule has 0 saturated carbocycles. The monoisotopic (exact) mass is 338 g/mol. The molecule has 0 radical (unpaired) electrons. The molecule has 2 N–H and O–H groups in total. The molecule has 0 aliphatic carbocycles. The lowest BCUT2D eigenvalue weighted by Gasteiger charge is -2.19. The second kappa shape index (κ2) is 5.89. The highest BCUT2D eigenvalue weighted by Crippen LogP contribution is 2.32. The van der Waals surface area contributed by atoms with Crippen LogP contribution in [-0.4, -0.2) is 47.6 Å². The molecule has 128 valence electrons. The molecule has 2 aliphatic heterocycles. The summed E-state index contributed by atoms with van der Waals surface area (Å²) >= 11 is 0. The number of fused-ring (bicyclic) bond motifs is 2. The first kappa shape index (κ1) is 15.7. The number of anilines is 1. The van der Waals surface area contributed by atoms with E-state index in [9.17, 15) is 14.7 Å². The molecule has 6 heteroatoms. The summed E-state index contributed by atoms with van der Waals surface area (Å²) in [5, 5.41) is 12.6. The molecule has 6 nitrogen and oxygen atoms in total. The number of benzene rings is 2. The molecule has 25 heavy (non-hydrogen) atoms. The van der Waals surface area contributed by atoms with Gasteiger partial charge < -0.3 is 20.1 Å². The van der Waals surface area contributed by atoms with E-state index in [-0.39, 0.29) is 24.8 Å². The lowest BCUT2D eigenvalue weighted by atomic mass is 10.0. The summed E-state index contributed by atoms with van der Waals surface area (Å²) in [6.45, 7) is 0.184. The average molecular weight is 338 g/mol. The fourth-order valence-electron chi connectivity index (χ4n) is 3.45. The van der Waals surface area contributed by atoms with Crippen molar-refractivity contribution < 1.29 is 19.4 Å². The Kier molecular flexibility index (Phi) is 3.69. The highest BCUT2D eigenvalue weighted by atomic mass is 16.5. The maximum absolute atomic E-state index is 12.9. The van der Waals surface area contributed by atoms with E-state index in [1.165, 1.54) is 4.90 Å². The fraction of sp³-hybridized carbons (Fsp3) is 0.263. The predicted octanol–water partition coefficient (Wildman–Crippen LogP) is 1.89. The molecule has 2 aliphatic rings. The van der Waals surface area contributed by atoms with Crippen molar-refractivity contribution in [1.29, 1.82) is 0 Å². The first-order valence-corrected chi connectivity index (χ1v) is 8.15. The zero-order valence-electron chi connectivity index (χ0n) is 13.7. The number of aliphatic hydroxyl groups excluding tert-OH is 1. The van der Waals surface area contributed by atoms with Gasteiger partial charge in [0, 0.05) is 13.0 Å². The molecule has 0 unspecified atom stereocenters. The quantitative estimate of drug-likeness (QED) is 0.876. The minimum absolute atomic E-state index is 0.184. The number of aliphatic hydroxyl groups is 1. The van der Waals surface area contributed by atoms with E-state index in [1.807, 2.05) is 30.3 Å². The third kappa shape index (κ3) is 2.64. The molecule has 0 bridgehead atoms. The molecule has 2 aromatic carbocycles. The summed E-state index contributed by atoms with van der Waals surface area (Å²) in [6, 6.07) is 12.4. The molecule has 1 saturated heterocycles. The largest absolute Gasteiger partial charge is 0.497 e. The zero-order valence-corrected chi connectivity index (χ0v) is 13.7. The van der Waals surface area contributed by atoms with E-state index in [1.54, 1.807) is 19.2 Å². The Labute approximate surface area is 145 Å². The SMILES string of the molecule is COc1ccc(-c2ccc3c(c2)C(=O)N2C[C@H](O)C[C@H]2C(=O)N3)cc1. The van der Waals surface area contributed by atoms with E-state index in [0.717, 1.165) is 16.9 Å². The fourth-order valence-corrected chi connectivity index (χ4v) is 3.45. The normalized spacial score (nSPS) is 22.1. The van der Waals surface area contributed by atoms with Crippen molar-refractivity contribution in [3.05, 3.63) is 48.0 Å². The van der Waals surface area contributed by atoms with E-state index in [2.05, 4.69) is 5.32 Å². The van der Waals surface area contributed by atoms with E-state index in [4.69, 9.17) is 4.74 Å². The molecule has 2 amide bonds. The number of carbonyl (C=O) groups is 2. The van der Waals surface area contributed by atoms with E-state index < -0.39 is 12.1 Å². The summed E-state index contributed by atoms with van der Waals surface area (Å²) in [6.07, 6.45) is -0.386. The van der Waals surface area contributed by atoms with Gasteiger partial charge in [-0.3, -0.25) is 9.59 Å². The molecule has 4 rings (SSSR count). The third-order valence-corrected chi connectivity index (χ3v) is 4.77. The van der Waals surface area contributed by atoms with Crippen LogP contribution in [0.15, 0.2) is 42.5 Å². The van der Waals surface area contributed by atoms with Gasteiger partial charge in [0.1, 0.15) is 11.8 Å². The van der Waals surface area contributed by atoms with Gasteiger partial charge in [-0.25, -0.2) is 0 Å². The Balaban J connectivity index is 1.74. The van der Waals surface area contributed by atoms with Gasteiger partial charge in [-0.05, 0) is 35.4 Å². The first-order valence-electron chi connectivity index (χ1n) is 8.15. The molecular weight excluding hydrogens is 320 g/mol. The molecular formula is C19H18N2O4. The Morgan fingerprint density at radius 3 is 2.56 bits per heavy atom. The van der Waals surface area contributed by atoms with Gasteiger partial charge in [0.05, 0.1) is 24.5 Å². The van der Waals surface area contributed by atoms with Crippen molar-refractivity contribution in [3.8, 4) is 16.9 Å². The van der Waals surface area contributed by atoms with Gasteiger partial charge in [0.2, 0.25) is 5.91 Å². The minimum Gasteiger partial charge on any atom is -0.497 e. The first-order chi connectivity index (χ1) is 12.1. The van der Waals surface area contributed by atoms with Crippen molar-refractivity contribution in [2.45, 2.75) is 18.6 Å². The van der Waals surface area contributed by atoms with Crippen LogP contribution in [-0.2, 0) is 4.79 Å². The maximum atomic E-state index is 12.9. The van der Waals surface area contributed by atoms with Crippen LogP contribution in [0.1, 0.15) is 16.8 Å². The number of rotatable bonds is 2. The van der Waals surface area contributed by atoms with Crippen LogP contribution in [0.5, 0.6) is 5.75 Å². The summed E-state index contributed by atoms with van der Waals surface area (Å²) in [7, 11) is 1.61. The van der Waals surface area contributed by atoms with Gasteiger partial charge >= 0.3 is 0 Å². The number of nitrogens with zero attached hydrogens (tertiary/aromatic N) is 1. The average Bonchev–Trinajstić information content (AvgIpc) is 3.00. The third-order valence-electron chi connectivity index (χ3n) is 4.77. The van der Waals surface area contributed by atoms with Crippen molar-refractivity contribution in [2.75, 3.05) is 19.0 Å². The number of methoxy groups -OCH3 is 1. The summed E-state index contributed by atoms with van der Waals surface area (Å²) in [4.78, 5) is 26.7. The second-order valence-corrected chi connectivity index (χ2v) is 6.34. The number of hydrogen-bond acceptors (Lipinski definition) is 4. The lowest BCUT2D eigenvalue weighted by Crippen LogP contribution is -2.40. The summed E-state index contributed by atoms with van der Waals surface area (Å²) in [5.74, 6) is 0.279. The van der Waals surface area contributed by atoms with Gasteiger partial charge in [0.15, 0.2) is 0 Å². The topological polar surface area (TPSA) is 78.9 Å². The predicted molar refractivity (Wildman–Crippen MR) is 92.5 cm³/mol. The highest BCUT2D eigenvalue weighted by Gasteiger charge is 2.42. The van der Waals surface area contributed by atoms with Crippen LogP contribution in [0, 0.1) is 0 Å². The molecule has 1 fully saturated rings. The van der Waals surface area contributed by atoms with Crippen molar-refractivity contribution >= 4 is 17.5 Å². The Hall–Kier alpha value is -2.86. The van der Waals surface area contributed by atoms with Gasteiger partial charge in [0.25, 0.3) is 5.91 Å². The van der Waals surface area contributed by atoms with Crippen LogP contribution in [0.4, 0.5) is 5.69 Å². The van der Waals surface area contributed by atoms with Crippen LogP contribution >= 0.6 is 0 Å². The number of carbonyl (C=O) groups excluding carboxylic acids is 2. The Morgan fingerprint density at radius 1 is 1.12 bits per heavy atom. The standard InChI is InChI=1S/C19H18N2O4/c1-25-14-5-2-11(3-6-14)12-4-7-16-15(8-12)19(24)21-10-13(22)9-17(21)18(23)20-16/h2-8,13,17,22H,9-10H2,1H3,(H,20,23)/t13-,17+/m1/s1. The summed E-state index contributed by atoms with van der Waals surface area (Å²) in [5.41, 5.74) is 2.78. The molecule has 2 atom stereocenters. The van der Waals surface area contributed by atoms with E-state index >= 15 is 0 Å². The van der Waals surface area contributed by atoms with Crippen LogP contribution in [0.2, 0.25) is 0 Å². The van der Waals surface area contributed by atoms with Gasteiger partial charge in [-0.2, -0.15) is 0 Å². The van der Waals surface area contributed by atoms with Gasteiger partial charge in [-0.1, -0.05) is 18.2 Å². The Bertz CT molecular complexity index is 847. The molecule has 0 spiro atoms. The second-order valence-electron chi connectivity index (χ2n) is 6.34. The number of hydrogen-bond donors (Lipinski definition) is 2. The lowest BCUT2D eigenvalue weighted by molar-refractivity contribution is -0.119.